The van der Waals surface area contributed by atoms with Crippen molar-refractivity contribution in [3.05, 3.63) is 64.4 Å². The van der Waals surface area contributed by atoms with Gasteiger partial charge in [-0.1, -0.05) is 34.2 Å². The average molecular weight is 428 g/mol. The van der Waals surface area contributed by atoms with Gasteiger partial charge < -0.3 is 5.32 Å². The lowest BCUT2D eigenvalue weighted by molar-refractivity contribution is 0.102. The SMILES string of the molecule is CCc1nnc2sc(-c3ccc(NC(=O)c4ccc(Br)cc4)cc3)nn12. The molecule has 26 heavy (non-hydrogen) atoms. The summed E-state index contributed by atoms with van der Waals surface area (Å²) in [4.78, 5) is 13.1. The molecule has 130 valence electrons. The van der Waals surface area contributed by atoms with Gasteiger partial charge in [0, 0.05) is 27.7 Å². The van der Waals surface area contributed by atoms with Crippen molar-refractivity contribution in [2.45, 2.75) is 13.3 Å². The molecule has 8 heteroatoms. The summed E-state index contributed by atoms with van der Waals surface area (Å²) < 4.78 is 2.72. The predicted octanol–water partition coefficient (Wildman–Crippen LogP) is 4.43. The summed E-state index contributed by atoms with van der Waals surface area (Å²) in [6, 6.07) is 14.9. The van der Waals surface area contributed by atoms with Gasteiger partial charge in [0.1, 0.15) is 5.01 Å². The van der Waals surface area contributed by atoms with Crippen molar-refractivity contribution in [1.29, 1.82) is 0 Å². The Morgan fingerprint density at radius 1 is 1.12 bits per heavy atom. The Hall–Kier alpha value is -2.58. The first kappa shape index (κ1) is 16.9. The Morgan fingerprint density at radius 3 is 2.54 bits per heavy atom. The monoisotopic (exact) mass is 427 g/mol. The van der Waals surface area contributed by atoms with E-state index in [1.807, 2.05) is 43.3 Å². The summed E-state index contributed by atoms with van der Waals surface area (Å²) in [5.41, 5.74) is 2.32. The normalized spacial score (nSPS) is 11.0. The van der Waals surface area contributed by atoms with Crippen LogP contribution in [-0.2, 0) is 6.42 Å². The third kappa shape index (κ3) is 3.25. The van der Waals surface area contributed by atoms with Gasteiger partial charge in [-0.25, -0.2) is 0 Å². The Bertz CT molecular complexity index is 1070. The molecule has 2 aromatic carbocycles. The summed E-state index contributed by atoms with van der Waals surface area (Å²) in [5, 5.41) is 16.6. The molecule has 1 amide bonds. The van der Waals surface area contributed by atoms with Gasteiger partial charge in [0.05, 0.1) is 0 Å². The molecule has 0 atom stereocenters. The number of carbonyl (C=O) groups excluding carboxylic acids is 1. The van der Waals surface area contributed by atoms with E-state index in [-0.39, 0.29) is 5.91 Å². The van der Waals surface area contributed by atoms with Gasteiger partial charge in [-0.3, -0.25) is 4.79 Å². The summed E-state index contributed by atoms with van der Waals surface area (Å²) >= 11 is 4.85. The molecule has 0 saturated heterocycles. The summed E-state index contributed by atoms with van der Waals surface area (Å²) in [6.45, 7) is 2.03. The number of hydrogen-bond acceptors (Lipinski definition) is 5. The number of rotatable bonds is 4. The molecule has 0 aliphatic rings. The lowest BCUT2D eigenvalue weighted by Crippen LogP contribution is -2.11. The van der Waals surface area contributed by atoms with Crippen LogP contribution < -0.4 is 5.32 Å². The van der Waals surface area contributed by atoms with E-state index in [2.05, 4.69) is 36.5 Å². The van der Waals surface area contributed by atoms with Crippen molar-refractivity contribution in [1.82, 2.24) is 19.8 Å². The summed E-state index contributed by atoms with van der Waals surface area (Å²) in [5.74, 6) is 0.706. The molecule has 2 aromatic heterocycles. The van der Waals surface area contributed by atoms with Crippen LogP contribution in [0.15, 0.2) is 53.0 Å². The second-order valence-electron chi connectivity index (χ2n) is 5.61. The van der Waals surface area contributed by atoms with E-state index in [0.717, 1.165) is 37.9 Å². The quantitative estimate of drug-likeness (QED) is 0.522. The van der Waals surface area contributed by atoms with Crippen LogP contribution in [0.2, 0.25) is 0 Å². The molecule has 0 spiro atoms. The number of aromatic nitrogens is 4. The number of hydrogen-bond donors (Lipinski definition) is 1. The smallest absolute Gasteiger partial charge is 0.255 e. The molecular formula is C18H14BrN5OS. The molecule has 4 aromatic rings. The fourth-order valence-electron chi connectivity index (χ4n) is 2.50. The minimum absolute atomic E-state index is 0.142. The Morgan fingerprint density at radius 2 is 1.85 bits per heavy atom. The van der Waals surface area contributed by atoms with E-state index in [0.29, 0.717) is 5.56 Å². The molecule has 6 nitrogen and oxygen atoms in total. The molecule has 0 aliphatic heterocycles. The Balaban J connectivity index is 1.53. The van der Waals surface area contributed by atoms with Gasteiger partial charge in [-0.05, 0) is 48.5 Å². The third-order valence-electron chi connectivity index (χ3n) is 3.87. The molecule has 0 radical (unpaired) electrons. The standard InChI is InChI=1S/C18H14BrN5OS/c1-2-15-21-22-18-24(15)23-17(26-18)12-5-9-14(10-6-12)20-16(25)11-3-7-13(19)8-4-11/h3-10H,2H2,1H3,(H,20,25). The molecule has 1 N–H and O–H groups in total. The number of carbonyl (C=O) groups is 1. The first-order valence-corrected chi connectivity index (χ1v) is 9.63. The molecule has 0 saturated carbocycles. The van der Waals surface area contributed by atoms with Gasteiger partial charge in [0.25, 0.3) is 5.91 Å². The van der Waals surface area contributed by atoms with Crippen molar-refractivity contribution < 1.29 is 4.79 Å². The number of aryl methyl sites for hydroxylation is 1. The predicted molar refractivity (Wildman–Crippen MR) is 106 cm³/mol. The number of anilines is 1. The van der Waals surface area contributed by atoms with Gasteiger partial charge in [0.15, 0.2) is 5.82 Å². The first-order valence-electron chi connectivity index (χ1n) is 8.02. The molecule has 0 fully saturated rings. The fraction of sp³-hybridized carbons (Fsp3) is 0.111. The lowest BCUT2D eigenvalue weighted by atomic mass is 10.2. The molecule has 0 unspecified atom stereocenters. The number of halogens is 1. The van der Waals surface area contributed by atoms with E-state index in [1.165, 1.54) is 11.3 Å². The van der Waals surface area contributed by atoms with Crippen LogP contribution in [0.25, 0.3) is 15.5 Å². The van der Waals surface area contributed by atoms with Crippen LogP contribution in [0.5, 0.6) is 0 Å². The Labute approximate surface area is 162 Å². The topological polar surface area (TPSA) is 72.2 Å². The van der Waals surface area contributed by atoms with Crippen LogP contribution in [0.1, 0.15) is 23.1 Å². The highest BCUT2D eigenvalue weighted by molar-refractivity contribution is 9.10. The zero-order chi connectivity index (χ0) is 18.1. The van der Waals surface area contributed by atoms with E-state index in [4.69, 9.17) is 0 Å². The summed E-state index contributed by atoms with van der Waals surface area (Å²) in [6.07, 6.45) is 0.783. The molecule has 0 aliphatic carbocycles. The van der Waals surface area contributed by atoms with Crippen molar-refractivity contribution in [2.75, 3.05) is 5.32 Å². The number of fused-ring (bicyclic) bond motifs is 1. The third-order valence-corrected chi connectivity index (χ3v) is 5.34. The van der Waals surface area contributed by atoms with E-state index < -0.39 is 0 Å². The molecule has 2 heterocycles. The second kappa shape index (κ2) is 6.97. The highest BCUT2D eigenvalue weighted by Crippen LogP contribution is 2.26. The van der Waals surface area contributed by atoms with Gasteiger partial charge in [-0.15, -0.1) is 10.2 Å². The fourth-order valence-corrected chi connectivity index (χ4v) is 3.62. The van der Waals surface area contributed by atoms with E-state index in [1.54, 1.807) is 16.6 Å². The van der Waals surface area contributed by atoms with Crippen LogP contribution in [0.3, 0.4) is 0 Å². The van der Waals surface area contributed by atoms with E-state index in [9.17, 15) is 4.79 Å². The van der Waals surface area contributed by atoms with Crippen molar-refractivity contribution in [3.63, 3.8) is 0 Å². The zero-order valence-electron chi connectivity index (χ0n) is 13.8. The van der Waals surface area contributed by atoms with Gasteiger partial charge in [-0.2, -0.15) is 9.61 Å². The number of benzene rings is 2. The van der Waals surface area contributed by atoms with Crippen molar-refractivity contribution in [3.8, 4) is 10.6 Å². The minimum Gasteiger partial charge on any atom is -0.322 e. The summed E-state index contributed by atoms with van der Waals surface area (Å²) in [7, 11) is 0. The molecule has 4 rings (SSSR count). The highest BCUT2D eigenvalue weighted by Gasteiger charge is 2.12. The first-order chi connectivity index (χ1) is 12.6. The largest absolute Gasteiger partial charge is 0.322 e. The number of nitrogens with one attached hydrogen (secondary N) is 1. The maximum atomic E-state index is 12.3. The second-order valence-corrected chi connectivity index (χ2v) is 7.48. The van der Waals surface area contributed by atoms with Gasteiger partial charge in [0.2, 0.25) is 4.96 Å². The molecule has 0 bridgehead atoms. The Kier molecular flexibility index (Phi) is 4.52. The van der Waals surface area contributed by atoms with Crippen LogP contribution in [-0.4, -0.2) is 25.7 Å². The lowest BCUT2D eigenvalue weighted by Gasteiger charge is -2.06. The average Bonchev–Trinajstić information content (AvgIpc) is 3.23. The van der Waals surface area contributed by atoms with Crippen LogP contribution in [0.4, 0.5) is 5.69 Å². The zero-order valence-corrected chi connectivity index (χ0v) is 16.2. The molecular weight excluding hydrogens is 414 g/mol. The van der Waals surface area contributed by atoms with Crippen molar-refractivity contribution in [2.24, 2.45) is 0 Å². The minimum atomic E-state index is -0.142. The van der Waals surface area contributed by atoms with Crippen LogP contribution in [0, 0.1) is 0 Å². The highest BCUT2D eigenvalue weighted by atomic mass is 79.9. The van der Waals surface area contributed by atoms with Crippen LogP contribution >= 0.6 is 27.3 Å². The van der Waals surface area contributed by atoms with Crippen molar-refractivity contribution >= 4 is 43.8 Å². The number of amides is 1. The maximum Gasteiger partial charge on any atom is 0.255 e. The number of nitrogens with zero attached hydrogens (tertiary/aromatic N) is 4. The maximum absolute atomic E-state index is 12.3. The van der Waals surface area contributed by atoms with Gasteiger partial charge >= 0.3 is 0 Å². The van der Waals surface area contributed by atoms with E-state index >= 15 is 0 Å².